The van der Waals surface area contributed by atoms with E-state index in [1.54, 1.807) is 0 Å². The minimum absolute atomic E-state index is 0.413. The average Bonchev–Trinajstić information content (AvgIpc) is 3.12. The van der Waals surface area contributed by atoms with E-state index in [9.17, 15) is 4.79 Å². The van der Waals surface area contributed by atoms with Gasteiger partial charge in [0, 0.05) is 45.2 Å². The topological polar surface area (TPSA) is 35.6 Å². The Morgan fingerprint density at radius 3 is 2.42 bits per heavy atom. The van der Waals surface area contributed by atoms with Gasteiger partial charge in [0.05, 0.1) is 0 Å². The fourth-order valence-corrected chi connectivity index (χ4v) is 3.88. The fourth-order valence-electron chi connectivity index (χ4n) is 3.88. The third-order valence-electron chi connectivity index (χ3n) is 5.16. The molecule has 0 aromatic carbocycles. The van der Waals surface area contributed by atoms with E-state index in [0.717, 1.165) is 45.7 Å². The Morgan fingerprint density at radius 2 is 1.79 bits per heavy atom. The van der Waals surface area contributed by atoms with Crippen LogP contribution in [0.1, 0.15) is 38.5 Å². The van der Waals surface area contributed by atoms with Crippen molar-refractivity contribution in [2.24, 2.45) is 5.92 Å². The van der Waals surface area contributed by atoms with Gasteiger partial charge >= 0.3 is 0 Å². The van der Waals surface area contributed by atoms with Gasteiger partial charge in [-0.2, -0.15) is 0 Å². The third-order valence-corrected chi connectivity index (χ3v) is 5.16. The molecular formula is C15H27N3O. The van der Waals surface area contributed by atoms with E-state index >= 15 is 0 Å². The van der Waals surface area contributed by atoms with Gasteiger partial charge in [-0.25, -0.2) is 0 Å². The molecule has 1 unspecified atom stereocenters. The first-order valence-electron chi connectivity index (χ1n) is 8.05. The van der Waals surface area contributed by atoms with Crippen molar-refractivity contribution in [3.05, 3.63) is 0 Å². The quantitative estimate of drug-likeness (QED) is 0.829. The number of hydrogen-bond acceptors (Lipinski definition) is 3. The second-order valence-corrected chi connectivity index (χ2v) is 6.42. The molecule has 2 saturated heterocycles. The number of hydrogen-bond donors (Lipinski definition) is 1. The maximum Gasteiger partial charge on any atom is 0.222 e. The molecule has 0 bridgehead atoms. The van der Waals surface area contributed by atoms with Gasteiger partial charge < -0.3 is 10.2 Å². The molecule has 1 saturated carbocycles. The zero-order chi connectivity index (χ0) is 13.1. The van der Waals surface area contributed by atoms with E-state index in [1.165, 1.54) is 32.1 Å². The van der Waals surface area contributed by atoms with E-state index in [0.29, 0.717) is 17.9 Å². The number of rotatable bonds is 3. The number of amides is 1. The van der Waals surface area contributed by atoms with Crippen LogP contribution in [0.3, 0.4) is 0 Å². The van der Waals surface area contributed by atoms with Crippen LogP contribution in [0.2, 0.25) is 0 Å². The molecule has 4 heteroatoms. The van der Waals surface area contributed by atoms with Crippen LogP contribution >= 0.6 is 0 Å². The highest BCUT2D eigenvalue weighted by Gasteiger charge is 2.28. The number of nitrogens with zero attached hydrogens (tertiary/aromatic N) is 2. The van der Waals surface area contributed by atoms with Crippen LogP contribution in [-0.2, 0) is 4.79 Å². The maximum atomic E-state index is 12.3. The number of carbonyl (C=O) groups is 1. The van der Waals surface area contributed by atoms with Crippen LogP contribution in [0.4, 0.5) is 0 Å². The van der Waals surface area contributed by atoms with Crippen molar-refractivity contribution in [2.75, 3.05) is 39.3 Å². The lowest BCUT2D eigenvalue weighted by Gasteiger charge is -2.38. The van der Waals surface area contributed by atoms with Crippen LogP contribution in [0.15, 0.2) is 0 Å². The fraction of sp³-hybridized carbons (Fsp3) is 0.933. The summed E-state index contributed by atoms with van der Waals surface area (Å²) in [6, 6.07) is 0.715. The molecule has 1 amide bonds. The first-order valence-corrected chi connectivity index (χ1v) is 8.05. The van der Waals surface area contributed by atoms with Gasteiger partial charge in [-0.1, -0.05) is 12.8 Å². The Hall–Kier alpha value is -0.610. The smallest absolute Gasteiger partial charge is 0.222 e. The number of piperazine rings is 1. The van der Waals surface area contributed by atoms with Gasteiger partial charge in [-0.15, -0.1) is 0 Å². The summed E-state index contributed by atoms with van der Waals surface area (Å²) < 4.78 is 0. The summed E-state index contributed by atoms with van der Waals surface area (Å²) in [6.07, 6.45) is 7.31. The summed E-state index contributed by atoms with van der Waals surface area (Å²) >= 11 is 0. The van der Waals surface area contributed by atoms with Crippen LogP contribution in [0.5, 0.6) is 0 Å². The van der Waals surface area contributed by atoms with Crippen molar-refractivity contribution < 1.29 is 4.79 Å². The highest BCUT2D eigenvalue weighted by atomic mass is 16.2. The summed E-state index contributed by atoms with van der Waals surface area (Å²) in [5, 5.41) is 3.43. The zero-order valence-corrected chi connectivity index (χ0v) is 11.9. The highest BCUT2D eigenvalue weighted by molar-refractivity contribution is 5.76. The molecule has 3 aliphatic rings. The normalized spacial score (nSPS) is 30.1. The molecule has 0 radical (unpaired) electrons. The van der Waals surface area contributed by atoms with Crippen molar-refractivity contribution in [1.29, 1.82) is 0 Å². The van der Waals surface area contributed by atoms with Gasteiger partial charge in [0.25, 0.3) is 0 Å². The zero-order valence-electron chi connectivity index (χ0n) is 11.9. The molecule has 1 aliphatic carbocycles. The van der Waals surface area contributed by atoms with Crippen molar-refractivity contribution >= 4 is 5.91 Å². The maximum absolute atomic E-state index is 12.3. The Morgan fingerprint density at radius 1 is 1.05 bits per heavy atom. The van der Waals surface area contributed by atoms with E-state index in [4.69, 9.17) is 0 Å². The van der Waals surface area contributed by atoms with E-state index in [-0.39, 0.29) is 0 Å². The van der Waals surface area contributed by atoms with Crippen LogP contribution in [0.25, 0.3) is 0 Å². The average molecular weight is 265 g/mol. The summed E-state index contributed by atoms with van der Waals surface area (Å²) in [5.74, 6) is 1.10. The van der Waals surface area contributed by atoms with Crippen molar-refractivity contribution in [2.45, 2.75) is 44.6 Å². The molecule has 2 heterocycles. The monoisotopic (exact) mass is 265 g/mol. The standard InChI is InChI=1S/C15H27N3O/c19-15(11-13-3-1-2-4-13)18-9-7-17(8-10-18)14-5-6-16-12-14/h13-14,16H,1-12H2. The lowest BCUT2D eigenvalue weighted by molar-refractivity contribution is -0.134. The minimum atomic E-state index is 0.413. The largest absolute Gasteiger partial charge is 0.340 e. The Balaban J connectivity index is 1.42. The van der Waals surface area contributed by atoms with Crippen molar-refractivity contribution in [3.63, 3.8) is 0 Å². The van der Waals surface area contributed by atoms with Crippen molar-refractivity contribution in [1.82, 2.24) is 15.1 Å². The predicted molar refractivity (Wildman–Crippen MR) is 76.0 cm³/mol. The second-order valence-electron chi connectivity index (χ2n) is 6.42. The van der Waals surface area contributed by atoms with Gasteiger partial charge in [0.2, 0.25) is 5.91 Å². The van der Waals surface area contributed by atoms with Crippen molar-refractivity contribution in [3.8, 4) is 0 Å². The minimum Gasteiger partial charge on any atom is -0.340 e. The van der Waals surface area contributed by atoms with E-state index in [1.807, 2.05) is 0 Å². The molecule has 3 fully saturated rings. The third kappa shape index (κ3) is 3.29. The predicted octanol–water partition coefficient (Wildman–Crippen LogP) is 1.07. The number of carbonyl (C=O) groups excluding carboxylic acids is 1. The molecular weight excluding hydrogens is 238 g/mol. The Bertz CT molecular complexity index is 301. The van der Waals surface area contributed by atoms with Crippen LogP contribution in [-0.4, -0.2) is 61.0 Å². The SMILES string of the molecule is O=C(CC1CCCC1)N1CCN(C2CCNC2)CC1. The van der Waals surface area contributed by atoms with Gasteiger partial charge in [-0.05, 0) is 31.7 Å². The lowest BCUT2D eigenvalue weighted by Crippen LogP contribution is -2.52. The summed E-state index contributed by atoms with van der Waals surface area (Å²) in [7, 11) is 0. The summed E-state index contributed by atoms with van der Waals surface area (Å²) in [5.41, 5.74) is 0. The lowest BCUT2D eigenvalue weighted by atomic mass is 10.0. The molecule has 108 valence electrons. The Labute approximate surface area is 116 Å². The molecule has 2 aliphatic heterocycles. The molecule has 1 atom stereocenters. The summed E-state index contributed by atoms with van der Waals surface area (Å²) in [6.45, 7) is 6.33. The molecule has 3 rings (SSSR count). The van der Waals surface area contributed by atoms with Crippen LogP contribution < -0.4 is 5.32 Å². The number of nitrogens with one attached hydrogen (secondary N) is 1. The van der Waals surface area contributed by atoms with Gasteiger partial charge in [-0.3, -0.25) is 9.69 Å². The van der Waals surface area contributed by atoms with Crippen LogP contribution in [0, 0.1) is 5.92 Å². The first kappa shape index (κ1) is 13.4. The molecule has 19 heavy (non-hydrogen) atoms. The second kappa shape index (κ2) is 6.23. The summed E-state index contributed by atoms with van der Waals surface area (Å²) in [4.78, 5) is 17.0. The Kier molecular flexibility index (Phi) is 4.38. The molecule has 4 nitrogen and oxygen atoms in total. The first-order chi connectivity index (χ1) is 9.33. The van der Waals surface area contributed by atoms with E-state index in [2.05, 4.69) is 15.1 Å². The van der Waals surface area contributed by atoms with Gasteiger partial charge in [0.15, 0.2) is 0 Å². The van der Waals surface area contributed by atoms with Gasteiger partial charge in [0.1, 0.15) is 0 Å². The molecule has 0 aromatic heterocycles. The molecule has 0 spiro atoms. The highest BCUT2D eigenvalue weighted by Crippen LogP contribution is 2.28. The molecule has 1 N–H and O–H groups in total. The van der Waals surface area contributed by atoms with E-state index < -0.39 is 0 Å². The molecule has 0 aromatic rings.